The lowest BCUT2D eigenvalue weighted by atomic mass is 9.68. The Bertz CT molecular complexity index is 1300. The first kappa shape index (κ1) is 20.1. The lowest BCUT2D eigenvalue weighted by Gasteiger charge is -2.34. The number of fused-ring (bicyclic) bond motifs is 3. The predicted octanol–water partition coefficient (Wildman–Crippen LogP) is 4.34. The summed E-state index contributed by atoms with van der Waals surface area (Å²) in [5, 5.41) is 0. The number of hydrogen-bond acceptors (Lipinski definition) is 5. The van der Waals surface area contributed by atoms with E-state index >= 15 is 0 Å². The van der Waals surface area contributed by atoms with E-state index in [2.05, 4.69) is 14.0 Å². The molecule has 1 heterocycles. The number of allylic oxidation sites excluding steroid dienone is 2. The molecule has 0 unspecified atom stereocenters. The van der Waals surface area contributed by atoms with Gasteiger partial charge in [0, 0.05) is 28.5 Å². The number of ketones is 1. The molecule has 1 aromatic carbocycles. The molecule has 154 valence electrons. The van der Waals surface area contributed by atoms with Crippen LogP contribution in [0.3, 0.4) is 0 Å². The first-order valence-corrected chi connectivity index (χ1v) is 10.1. The molecule has 0 aliphatic heterocycles. The lowest BCUT2D eigenvalue weighted by Crippen LogP contribution is -2.31. The highest BCUT2D eigenvalue weighted by molar-refractivity contribution is 7.88. The number of hydrogen-bond donors (Lipinski definition) is 0. The summed E-state index contributed by atoms with van der Waals surface area (Å²) >= 11 is 0. The Morgan fingerprint density at radius 3 is 2.47 bits per heavy atom. The average Bonchev–Trinajstić information content (AvgIpc) is 3.05. The third-order valence-corrected chi connectivity index (χ3v) is 6.35. The molecule has 0 bridgehead atoms. The van der Waals surface area contributed by atoms with E-state index in [4.69, 9.17) is 6.57 Å². The number of benzene rings is 1. The van der Waals surface area contributed by atoms with Crippen LogP contribution in [0.4, 0.5) is 19.0 Å². The summed E-state index contributed by atoms with van der Waals surface area (Å²) in [6.45, 7) is 10.7. The summed E-state index contributed by atoms with van der Waals surface area (Å²) in [4.78, 5) is 20.7. The van der Waals surface area contributed by atoms with Crippen molar-refractivity contribution in [2.45, 2.75) is 31.2 Å². The molecule has 2 aliphatic carbocycles. The van der Waals surface area contributed by atoms with Crippen LogP contribution in [-0.2, 0) is 22.0 Å². The number of halogens is 3. The Kier molecular flexibility index (Phi) is 4.12. The van der Waals surface area contributed by atoms with Crippen LogP contribution in [-0.4, -0.2) is 24.7 Å². The first-order chi connectivity index (χ1) is 13.9. The second-order valence-corrected chi connectivity index (χ2v) is 8.99. The minimum Gasteiger partial charge on any atom is -0.376 e. The fourth-order valence-electron chi connectivity index (χ4n) is 3.89. The van der Waals surface area contributed by atoms with Gasteiger partial charge in [-0.2, -0.15) is 21.6 Å². The summed E-state index contributed by atoms with van der Waals surface area (Å²) in [7, 11) is -5.83. The maximum absolute atomic E-state index is 13.2. The van der Waals surface area contributed by atoms with E-state index in [0.29, 0.717) is 34.4 Å². The number of alkyl halides is 3. The number of carbonyl (C=O) groups excluding carboxylic acids is 1. The van der Waals surface area contributed by atoms with Gasteiger partial charge in [0.25, 0.3) is 5.82 Å². The Balaban J connectivity index is 1.81. The molecule has 30 heavy (non-hydrogen) atoms. The van der Waals surface area contributed by atoms with E-state index in [1.165, 1.54) is 12.1 Å². The third kappa shape index (κ3) is 2.81. The minimum atomic E-state index is -5.83. The molecule has 4 rings (SSSR count). The van der Waals surface area contributed by atoms with Crippen molar-refractivity contribution in [3.63, 3.8) is 0 Å². The molecule has 0 saturated heterocycles. The van der Waals surface area contributed by atoms with Crippen molar-refractivity contribution in [3.8, 4) is 5.75 Å². The van der Waals surface area contributed by atoms with Crippen LogP contribution in [0.2, 0.25) is 0 Å². The van der Waals surface area contributed by atoms with E-state index < -0.39 is 26.8 Å². The fraction of sp³-hybridized carbons (Fsp3) is 0.250. The summed E-state index contributed by atoms with van der Waals surface area (Å²) in [6, 6.07) is 6.64. The highest BCUT2D eigenvalue weighted by Gasteiger charge is 2.49. The van der Waals surface area contributed by atoms with Gasteiger partial charge < -0.3 is 9.03 Å². The molecule has 0 saturated carbocycles. The number of aromatic nitrogens is 1. The highest BCUT2D eigenvalue weighted by atomic mass is 32.2. The molecular formula is C20H13F3N2O4S. The monoisotopic (exact) mass is 434 g/mol. The number of Topliss-reactive ketones (excluding diaryl/α,β-unsaturated/α-hetero) is 1. The van der Waals surface area contributed by atoms with Crippen LogP contribution in [0.5, 0.6) is 5.75 Å². The van der Waals surface area contributed by atoms with Gasteiger partial charge in [0.05, 0.1) is 0 Å². The summed E-state index contributed by atoms with van der Waals surface area (Å²) in [6.07, 6.45) is 0.304. The zero-order valence-electron chi connectivity index (χ0n) is 15.7. The van der Waals surface area contributed by atoms with E-state index in [-0.39, 0.29) is 17.2 Å². The first-order valence-electron chi connectivity index (χ1n) is 8.68. The van der Waals surface area contributed by atoms with Gasteiger partial charge in [0.1, 0.15) is 11.4 Å². The molecule has 0 amide bonds. The highest BCUT2D eigenvalue weighted by Crippen LogP contribution is 2.50. The van der Waals surface area contributed by atoms with Gasteiger partial charge >= 0.3 is 15.6 Å². The maximum Gasteiger partial charge on any atom is 0.534 e. The number of carbonyl (C=O) groups is 1. The Morgan fingerprint density at radius 2 is 1.83 bits per heavy atom. The molecule has 10 heteroatoms. The number of pyridine rings is 1. The molecule has 0 fully saturated rings. The van der Waals surface area contributed by atoms with Crippen LogP contribution < -0.4 is 4.18 Å². The van der Waals surface area contributed by atoms with Gasteiger partial charge in [-0.25, -0.2) is 0 Å². The zero-order chi connectivity index (χ0) is 22.1. The van der Waals surface area contributed by atoms with Crippen LogP contribution in [0.15, 0.2) is 35.9 Å². The molecule has 0 spiro atoms. The molecule has 0 atom stereocenters. The quantitative estimate of drug-likeness (QED) is 0.399. The van der Waals surface area contributed by atoms with Crippen molar-refractivity contribution in [2.24, 2.45) is 0 Å². The smallest absolute Gasteiger partial charge is 0.376 e. The molecular weight excluding hydrogens is 421 g/mol. The van der Waals surface area contributed by atoms with Crippen molar-refractivity contribution >= 4 is 27.3 Å². The molecule has 2 aromatic rings. The summed E-state index contributed by atoms with van der Waals surface area (Å²) < 4.78 is 64.9. The van der Waals surface area contributed by atoms with Crippen molar-refractivity contribution in [1.82, 2.24) is 4.98 Å². The third-order valence-electron chi connectivity index (χ3n) is 5.37. The van der Waals surface area contributed by atoms with Crippen molar-refractivity contribution in [1.29, 1.82) is 0 Å². The standard InChI is InChI=1S/C20H13F3N2O4S/c1-19(2)13-8-10(29-30(27,28)20(21,22)23)4-5-11(13)18(26)17-12-6-7-16(24-3)25-15(12)9-14(17)19/h4-8H,9H2,1-2H3. The van der Waals surface area contributed by atoms with Crippen molar-refractivity contribution in [3.05, 3.63) is 69.7 Å². The SMILES string of the molecule is [C-]#[N+]c1ccc2c(n1)CC1=C2C(=O)c2ccc(OS(=O)(=O)C(F)(F)F)cc2C1(C)C. The Labute approximate surface area is 169 Å². The fourth-order valence-corrected chi connectivity index (χ4v) is 4.34. The van der Waals surface area contributed by atoms with Gasteiger partial charge in [-0.1, -0.05) is 26.5 Å². The van der Waals surface area contributed by atoms with Crippen LogP contribution in [0.25, 0.3) is 10.4 Å². The van der Waals surface area contributed by atoms with Crippen molar-refractivity contribution < 1.29 is 30.6 Å². The predicted molar refractivity (Wildman–Crippen MR) is 101 cm³/mol. The van der Waals surface area contributed by atoms with E-state index in [1.807, 2.05) is 0 Å². The van der Waals surface area contributed by atoms with Crippen LogP contribution in [0, 0.1) is 6.57 Å². The van der Waals surface area contributed by atoms with Gasteiger partial charge in [0.15, 0.2) is 5.78 Å². The van der Waals surface area contributed by atoms with Gasteiger partial charge in [-0.15, -0.1) is 4.98 Å². The van der Waals surface area contributed by atoms with E-state index in [0.717, 1.165) is 12.1 Å². The summed E-state index contributed by atoms with van der Waals surface area (Å²) in [5.41, 5.74) is -3.39. The summed E-state index contributed by atoms with van der Waals surface area (Å²) in [5.74, 6) is -0.662. The van der Waals surface area contributed by atoms with Crippen LogP contribution in [0.1, 0.15) is 41.0 Å². The van der Waals surface area contributed by atoms with Crippen molar-refractivity contribution in [2.75, 3.05) is 0 Å². The Hall–Kier alpha value is -3.19. The topological polar surface area (TPSA) is 77.7 Å². The number of nitrogens with zero attached hydrogens (tertiary/aromatic N) is 2. The molecule has 6 nitrogen and oxygen atoms in total. The minimum absolute atomic E-state index is 0.199. The normalized spacial score (nSPS) is 17.1. The van der Waals surface area contributed by atoms with E-state index in [9.17, 15) is 26.4 Å². The lowest BCUT2D eigenvalue weighted by molar-refractivity contribution is -0.0500. The molecule has 1 aromatic heterocycles. The second kappa shape index (κ2) is 6.15. The molecule has 0 N–H and O–H groups in total. The largest absolute Gasteiger partial charge is 0.534 e. The maximum atomic E-state index is 13.2. The van der Waals surface area contributed by atoms with Crippen LogP contribution >= 0.6 is 0 Å². The second-order valence-electron chi connectivity index (χ2n) is 7.45. The zero-order valence-corrected chi connectivity index (χ0v) is 16.5. The Morgan fingerprint density at radius 1 is 1.17 bits per heavy atom. The van der Waals surface area contributed by atoms with Gasteiger partial charge in [0.2, 0.25) is 0 Å². The molecule has 0 radical (unpaired) electrons. The van der Waals surface area contributed by atoms with Gasteiger partial charge in [-0.05, 0) is 35.4 Å². The van der Waals surface area contributed by atoms with E-state index in [1.54, 1.807) is 19.9 Å². The molecule has 2 aliphatic rings. The number of rotatable bonds is 2. The van der Waals surface area contributed by atoms with Gasteiger partial charge in [-0.3, -0.25) is 4.79 Å². The average molecular weight is 434 g/mol.